The van der Waals surface area contributed by atoms with E-state index in [4.69, 9.17) is 4.74 Å². The number of sulfonamides is 1. The predicted molar refractivity (Wildman–Crippen MR) is 108 cm³/mol. The molecular weight excluding hydrogens is 378 g/mol. The van der Waals surface area contributed by atoms with Crippen molar-refractivity contribution in [3.8, 4) is 0 Å². The van der Waals surface area contributed by atoms with E-state index in [9.17, 15) is 13.2 Å². The molecule has 28 heavy (non-hydrogen) atoms. The third-order valence-corrected chi connectivity index (χ3v) is 7.58. The number of benzene rings is 1. The average Bonchev–Trinajstić information content (AvgIpc) is 3.18. The predicted octanol–water partition coefficient (Wildman–Crippen LogP) is 1.21. The molecule has 1 amide bonds. The number of carbonyl (C=O) groups excluding carboxylic acids is 1. The normalized spacial score (nSPS) is 20.7. The Hall–Kier alpha value is -1.48. The highest BCUT2D eigenvalue weighted by atomic mass is 32.2. The maximum absolute atomic E-state index is 13.5. The molecule has 156 valence electrons. The quantitative estimate of drug-likeness (QED) is 0.764. The van der Waals surface area contributed by atoms with Crippen LogP contribution in [0.2, 0.25) is 0 Å². The molecule has 0 radical (unpaired) electrons. The third kappa shape index (κ3) is 4.74. The van der Waals surface area contributed by atoms with Crippen LogP contribution in [-0.4, -0.2) is 75.5 Å². The second-order valence-corrected chi connectivity index (χ2v) is 9.67. The van der Waals surface area contributed by atoms with Gasteiger partial charge in [0.2, 0.25) is 15.9 Å². The molecule has 0 unspecified atom stereocenters. The van der Waals surface area contributed by atoms with Crippen LogP contribution in [0.3, 0.4) is 0 Å². The van der Waals surface area contributed by atoms with Gasteiger partial charge >= 0.3 is 0 Å². The molecule has 0 bridgehead atoms. The number of nitrogens with zero attached hydrogens (tertiary/aromatic N) is 2. The van der Waals surface area contributed by atoms with E-state index in [1.165, 1.54) is 4.31 Å². The number of hydrogen-bond acceptors (Lipinski definition) is 5. The molecule has 1 aromatic rings. The Labute approximate surface area is 168 Å². The van der Waals surface area contributed by atoms with Gasteiger partial charge in [-0.25, -0.2) is 8.42 Å². The molecular formula is C20H31N3O4S. The van der Waals surface area contributed by atoms with Gasteiger partial charge < -0.3 is 15.0 Å². The van der Waals surface area contributed by atoms with Gasteiger partial charge in [0.1, 0.15) is 0 Å². The molecule has 1 aromatic carbocycles. The number of ether oxygens (including phenoxy) is 1. The van der Waals surface area contributed by atoms with E-state index >= 15 is 0 Å². The number of aryl methyl sites for hydroxylation is 3. The first-order valence-corrected chi connectivity index (χ1v) is 11.4. The molecule has 0 saturated carbocycles. The summed E-state index contributed by atoms with van der Waals surface area (Å²) in [6, 6.07) is 3.61. The van der Waals surface area contributed by atoms with E-state index in [-0.39, 0.29) is 30.0 Å². The summed E-state index contributed by atoms with van der Waals surface area (Å²) in [4.78, 5) is 14.8. The molecule has 0 spiro atoms. The number of amides is 1. The average molecular weight is 410 g/mol. The highest BCUT2D eigenvalue weighted by Gasteiger charge is 2.33. The van der Waals surface area contributed by atoms with Crippen LogP contribution in [0.15, 0.2) is 17.0 Å². The Bertz CT molecular complexity index is 813. The van der Waals surface area contributed by atoms with Crippen LogP contribution < -0.4 is 5.32 Å². The highest BCUT2D eigenvalue weighted by molar-refractivity contribution is 7.89. The van der Waals surface area contributed by atoms with Crippen LogP contribution >= 0.6 is 0 Å². The lowest BCUT2D eigenvalue weighted by molar-refractivity contribution is -0.132. The fraction of sp³-hybridized carbons (Fsp3) is 0.650. The minimum atomic E-state index is -3.80. The minimum absolute atomic E-state index is 0.144. The topological polar surface area (TPSA) is 79.0 Å². The summed E-state index contributed by atoms with van der Waals surface area (Å²) in [6.07, 6.45) is 1.59. The Kier molecular flexibility index (Phi) is 6.75. The van der Waals surface area contributed by atoms with Crippen molar-refractivity contribution in [1.82, 2.24) is 14.5 Å². The first-order valence-electron chi connectivity index (χ1n) is 9.97. The summed E-state index contributed by atoms with van der Waals surface area (Å²) in [5.74, 6) is -0.149. The zero-order valence-electron chi connectivity index (χ0n) is 17.0. The van der Waals surface area contributed by atoms with Crippen LogP contribution in [0.5, 0.6) is 0 Å². The summed E-state index contributed by atoms with van der Waals surface area (Å²) >= 11 is 0. The van der Waals surface area contributed by atoms with E-state index in [2.05, 4.69) is 5.32 Å². The summed E-state index contributed by atoms with van der Waals surface area (Å²) in [6.45, 7) is 9.09. The number of hydrogen-bond donors (Lipinski definition) is 1. The fourth-order valence-electron chi connectivity index (χ4n) is 3.78. The zero-order chi connectivity index (χ0) is 20.3. The number of piperazine rings is 1. The Morgan fingerprint density at radius 2 is 1.86 bits per heavy atom. The highest BCUT2D eigenvalue weighted by Crippen LogP contribution is 2.25. The van der Waals surface area contributed by atoms with Crippen LogP contribution in [-0.2, 0) is 19.6 Å². The standard InChI is InChI=1S/C20H31N3O4S/c1-15-11-17(3)19(12-16(15)2)28(25,26)23(13-18-5-4-10-27-18)14-20(24)22-8-6-21-7-9-22/h11-12,18,21H,4-10,13-14H2,1-3H3/t18-/m1/s1. The van der Waals surface area contributed by atoms with Crippen molar-refractivity contribution in [3.63, 3.8) is 0 Å². The van der Waals surface area contributed by atoms with Crippen LogP contribution in [0.1, 0.15) is 29.5 Å². The first-order chi connectivity index (χ1) is 13.3. The number of nitrogens with one attached hydrogen (secondary N) is 1. The molecule has 2 fully saturated rings. The monoisotopic (exact) mass is 409 g/mol. The lowest BCUT2D eigenvalue weighted by atomic mass is 10.1. The van der Waals surface area contributed by atoms with Crippen LogP contribution in [0.25, 0.3) is 0 Å². The van der Waals surface area contributed by atoms with Gasteiger partial charge in [-0.1, -0.05) is 6.07 Å². The maximum atomic E-state index is 13.5. The number of rotatable bonds is 6. The van der Waals surface area contributed by atoms with Crippen LogP contribution in [0, 0.1) is 20.8 Å². The van der Waals surface area contributed by atoms with Crippen molar-refractivity contribution in [1.29, 1.82) is 0 Å². The van der Waals surface area contributed by atoms with Crippen molar-refractivity contribution in [2.75, 3.05) is 45.9 Å². The third-order valence-electron chi connectivity index (χ3n) is 5.62. The van der Waals surface area contributed by atoms with Crippen molar-refractivity contribution < 1.29 is 17.9 Å². The Morgan fingerprint density at radius 3 is 2.50 bits per heavy atom. The second-order valence-electron chi connectivity index (χ2n) is 7.77. The Balaban J connectivity index is 1.88. The Morgan fingerprint density at radius 1 is 1.18 bits per heavy atom. The van der Waals surface area contributed by atoms with Gasteiger partial charge in [0.05, 0.1) is 17.5 Å². The van der Waals surface area contributed by atoms with Gasteiger partial charge in [0.15, 0.2) is 0 Å². The molecule has 1 atom stereocenters. The molecule has 2 aliphatic heterocycles. The summed E-state index contributed by atoms with van der Waals surface area (Å²) in [5.41, 5.74) is 2.68. The lowest BCUT2D eigenvalue weighted by Crippen LogP contribution is -2.51. The zero-order valence-corrected chi connectivity index (χ0v) is 17.8. The molecule has 3 rings (SSSR count). The van der Waals surface area contributed by atoms with E-state index < -0.39 is 10.0 Å². The van der Waals surface area contributed by atoms with E-state index in [1.807, 2.05) is 26.8 Å². The molecule has 7 nitrogen and oxygen atoms in total. The number of carbonyl (C=O) groups is 1. The second kappa shape index (κ2) is 8.90. The lowest BCUT2D eigenvalue weighted by Gasteiger charge is -2.31. The minimum Gasteiger partial charge on any atom is -0.377 e. The van der Waals surface area contributed by atoms with Crippen LogP contribution in [0.4, 0.5) is 0 Å². The van der Waals surface area contributed by atoms with Crippen molar-refractivity contribution in [3.05, 3.63) is 28.8 Å². The summed E-state index contributed by atoms with van der Waals surface area (Å²) < 4.78 is 34.0. The summed E-state index contributed by atoms with van der Waals surface area (Å²) in [5, 5.41) is 3.21. The van der Waals surface area contributed by atoms with Gasteiger partial charge in [-0.05, 0) is 56.4 Å². The fourth-order valence-corrected chi connectivity index (χ4v) is 5.49. The molecule has 0 aliphatic carbocycles. The maximum Gasteiger partial charge on any atom is 0.243 e. The molecule has 1 N–H and O–H groups in total. The summed E-state index contributed by atoms with van der Waals surface area (Å²) in [7, 11) is -3.80. The van der Waals surface area contributed by atoms with Crippen molar-refractivity contribution in [2.45, 2.75) is 44.6 Å². The largest absolute Gasteiger partial charge is 0.377 e. The van der Waals surface area contributed by atoms with Crippen molar-refractivity contribution in [2.24, 2.45) is 0 Å². The first kappa shape index (κ1) is 21.2. The molecule has 2 heterocycles. The van der Waals surface area contributed by atoms with Gasteiger partial charge in [0.25, 0.3) is 0 Å². The van der Waals surface area contributed by atoms with E-state index in [1.54, 1.807) is 11.0 Å². The molecule has 0 aromatic heterocycles. The SMILES string of the molecule is Cc1cc(C)c(S(=O)(=O)N(CC(=O)N2CCNCC2)C[C@H]2CCCO2)cc1C. The smallest absolute Gasteiger partial charge is 0.243 e. The molecule has 8 heteroatoms. The van der Waals surface area contributed by atoms with Gasteiger partial charge in [-0.15, -0.1) is 0 Å². The van der Waals surface area contributed by atoms with Gasteiger partial charge in [-0.2, -0.15) is 4.31 Å². The van der Waals surface area contributed by atoms with E-state index in [0.717, 1.165) is 37.1 Å². The van der Waals surface area contributed by atoms with Gasteiger partial charge in [-0.3, -0.25) is 4.79 Å². The molecule has 2 saturated heterocycles. The van der Waals surface area contributed by atoms with Gasteiger partial charge in [0, 0.05) is 39.3 Å². The van der Waals surface area contributed by atoms with E-state index in [0.29, 0.717) is 25.3 Å². The van der Waals surface area contributed by atoms with Crippen molar-refractivity contribution >= 4 is 15.9 Å². The molecule has 2 aliphatic rings.